The number of hydrogen-bond donors (Lipinski definition) is 1. The maximum Gasteiger partial charge on any atom is 0.123 e. The average molecular weight is 235 g/mol. The Morgan fingerprint density at radius 1 is 1.29 bits per heavy atom. The lowest BCUT2D eigenvalue weighted by atomic mass is 9.83. The molecule has 2 N–H and O–H groups in total. The zero-order chi connectivity index (χ0) is 12.3. The summed E-state index contributed by atoms with van der Waals surface area (Å²) in [4.78, 5) is 0. The Hall–Kier alpha value is -1.06. The van der Waals surface area contributed by atoms with Gasteiger partial charge in [0, 0.05) is 24.3 Å². The predicted octanol–water partition coefficient (Wildman–Crippen LogP) is 2.36. The topological polar surface area (TPSA) is 44.5 Å². The van der Waals surface area contributed by atoms with Crippen LogP contribution >= 0.6 is 0 Å². The van der Waals surface area contributed by atoms with E-state index < -0.39 is 0 Å². The number of methoxy groups -OCH3 is 1. The first-order valence-electron chi connectivity index (χ1n) is 6.17. The lowest BCUT2D eigenvalue weighted by Crippen LogP contribution is -2.37. The number of aryl methyl sites for hydroxylation is 1. The monoisotopic (exact) mass is 235 g/mol. The number of hydrogen-bond acceptors (Lipinski definition) is 3. The summed E-state index contributed by atoms with van der Waals surface area (Å²) in [7, 11) is 1.70. The summed E-state index contributed by atoms with van der Waals surface area (Å²) in [6.45, 7) is 3.63. The van der Waals surface area contributed by atoms with Gasteiger partial charge in [0.15, 0.2) is 0 Å². The predicted molar refractivity (Wildman–Crippen MR) is 68.3 cm³/mol. The molecule has 1 aliphatic heterocycles. The quantitative estimate of drug-likeness (QED) is 0.855. The Kier molecular flexibility index (Phi) is 3.69. The largest absolute Gasteiger partial charge is 0.496 e. The Morgan fingerprint density at radius 3 is 2.88 bits per heavy atom. The van der Waals surface area contributed by atoms with Gasteiger partial charge in [-0.25, -0.2) is 0 Å². The van der Waals surface area contributed by atoms with Crippen molar-refractivity contribution >= 4 is 0 Å². The van der Waals surface area contributed by atoms with E-state index in [0.29, 0.717) is 0 Å². The van der Waals surface area contributed by atoms with E-state index in [1.807, 2.05) is 6.07 Å². The molecular weight excluding hydrogens is 214 g/mol. The smallest absolute Gasteiger partial charge is 0.123 e. The van der Waals surface area contributed by atoms with E-state index in [1.165, 1.54) is 5.56 Å². The van der Waals surface area contributed by atoms with Gasteiger partial charge >= 0.3 is 0 Å². The van der Waals surface area contributed by atoms with Gasteiger partial charge in [-0.05, 0) is 32.3 Å². The first-order valence-corrected chi connectivity index (χ1v) is 6.17. The molecule has 1 heterocycles. The van der Waals surface area contributed by atoms with Crippen molar-refractivity contribution in [1.29, 1.82) is 0 Å². The second kappa shape index (κ2) is 5.07. The summed E-state index contributed by atoms with van der Waals surface area (Å²) >= 11 is 0. The molecule has 0 amide bonds. The van der Waals surface area contributed by atoms with E-state index in [-0.39, 0.29) is 5.54 Å². The summed E-state index contributed by atoms with van der Waals surface area (Å²) in [5.74, 6) is 0.889. The highest BCUT2D eigenvalue weighted by atomic mass is 16.5. The van der Waals surface area contributed by atoms with Crippen molar-refractivity contribution in [2.45, 2.75) is 31.7 Å². The molecule has 1 aliphatic rings. The molecule has 0 bridgehead atoms. The van der Waals surface area contributed by atoms with E-state index >= 15 is 0 Å². The third-order valence-electron chi connectivity index (χ3n) is 3.50. The molecule has 17 heavy (non-hydrogen) atoms. The second-order valence-electron chi connectivity index (χ2n) is 4.83. The summed E-state index contributed by atoms with van der Waals surface area (Å²) in [6, 6.07) is 6.20. The Bertz CT molecular complexity index is 382. The standard InChI is InChI=1S/C14H21NO2/c1-11-4-5-13(16-2)12(10-11)14(15)6-3-8-17-9-7-14/h4-5,10H,3,6-9,15H2,1-2H3. The van der Waals surface area contributed by atoms with Crippen LogP contribution in [-0.4, -0.2) is 20.3 Å². The van der Waals surface area contributed by atoms with Crippen LogP contribution in [0.4, 0.5) is 0 Å². The number of benzene rings is 1. The molecule has 0 aromatic heterocycles. The molecule has 1 aromatic rings. The third kappa shape index (κ3) is 2.61. The van der Waals surface area contributed by atoms with Crippen LogP contribution in [-0.2, 0) is 10.3 Å². The Balaban J connectivity index is 2.38. The lowest BCUT2D eigenvalue weighted by Gasteiger charge is -2.30. The van der Waals surface area contributed by atoms with E-state index in [0.717, 1.165) is 43.8 Å². The zero-order valence-electron chi connectivity index (χ0n) is 10.7. The third-order valence-corrected chi connectivity index (χ3v) is 3.50. The van der Waals surface area contributed by atoms with Gasteiger partial charge in [-0.2, -0.15) is 0 Å². The van der Waals surface area contributed by atoms with Crippen LogP contribution in [0.1, 0.15) is 30.4 Å². The molecule has 1 atom stereocenters. The zero-order valence-corrected chi connectivity index (χ0v) is 10.7. The molecule has 3 nitrogen and oxygen atoms in total. The molecule has 3 heteroatoms. The summed E-state index contributed by atoms with van der Waals surface area (Å²) in [5.41, 5.74) is 8.59. The average Bonchev–Trinajstić information content (AvgIpc) is 2.55. The molecule has 1 saturated heterocycles. The van der Waals surface area contributed by atoms with Crippen molar-refractivity contribution in [2.24, 2.45) is 5.73 Å². The van der Waals surface area contributed by atoms with Gasteiger partial charge in [0.25, 0.3) is 0 Å². The minimum atomic E-state index is -0.312. The highest BCUT2D eigenvalue weighted by Crippen LogP contribution is 2.36. The van der Waals surface area contributed by atoms with E-state index in [1.54, 1.807) is 7.11 Å². The van der Waals surface area contributed by atoms with Gasteiger partial charge in [-0.15, -0.1) is 0 Å². The van der Waals surface area contributed by atoms with E-state index in [4.69, 9.17) is 15.2 Å². The molecule has 94 valence electrons. The minimum Gasteiger partial charge on any atom is -0.496 e. The van der Waals surface area contributed by atoms with Crippen LogP contribution < -0.4 is 10.5 Å². The summed E-state index contributed by atoms with van der Waals surface area (Å²) in [5, 5.41) is 0. The van der Waals surface area contributed by atoms with Gasteiger partial charge in [0.1, 0.15) is 5.75 Å². The molecule has 0 radical (unpaired) electrons. The molecule has 1 unspecified atom stereocenters. The molecule has 0 spiro atoms. The van der Waals surface area contributed by atoms with Crippen LogP contribution in [0.5, 0.6) is 5.75 Å². The van der Waals surface area contributed by atoms with Crippen LogP contribution in [0.25, 0.3) is 0 Å². The number of ether oxygens (including phenoxy) is 2. The van der Waals surface area contributed by atoms with Crippen molar-refractivity contribution in [3.63, 3.8) is 0 Å². The molecule has 1 fully saturated rings. The first kappa shape index (κ1) is 12.4. The lowest BCUT2D eigenvalue weighted by molar-refractivity contribution is 0.139. The summed E-state index contributed by atoms with van der Waals surface area (Å²) in [6.07, 6.45) is 2.81. The first-order chi connectivity index (χ1) is 8.15. The van der Waals surface area contributed by atoms with Crippen molar-refractivity contribution in [2.75, 3.05) is 20.3 Å². The second-order valence-corrected chi connectivity index (χ2v) is 4.83. The van der Waals surface area contributed by atoms with Crippen LogP contribution in [0, 0.1) is 6.92 Å². The minimum absolute atomic E-state index is 0.312. The normalized spacial score (nSPS) is 25.4. The van der Waals surface area contributed by atoms with Gasteiger partial charge < -0.3 is 15.2 Å². The van der Waals surface area contributed by atoms with Crippen LogP contribution in [0.15, 0.2) is 18.2 Å². The molecule has 0 saturated carbocycles. The molecule has 1 aromatic carbocycles. The van der Waals surface area contributed by atoms with Crippen LogP contribution in [0.2, 0.25) is 0 Å². The van der Waals surface area contributed by atoms with E-state index in [9.17, 15) is 0 Å². The highest BCUT2D eigenvalue weighted by Gasteiger charge is 2.31. The van der Waals surface area contributed by atoms with Gasteiger partial charge in [-0.1, -0.05) is 17.7 Å². The fourth-order valence-electron chi connectivity index (χ4n) is 2.45. The SMILES string of the molecule is COc1ccc(C)cc1C1(N)CCCOCC1. The molecule has 2 rings (SSSR count). The molecular formula is C14H21NO2. The van der Waals surface area contributed by atoms with Crippen molar-refractivity contribution in [3.05, 3.63) is 29.3 Å². The Morgan fingerprint density at radius 2 is 2.12 bits per heavy atom. The Labute approximate surface area is 103 Å². The van der Waals surface area contributed by atoms with Gasteiger partial charge in [-0.3, -0.25) is 0 Å². The maximum absolute atomic E-state index is 6.57. The molecule has 0 aliphatic carbocycles. The maximum atomic E-state index is 6.57. The van der Waals surface area contributed by atoms with Crippen molar-refractivity contribution in [1.82, 2.24) is 0 Å². The van der Waals surface area contributed by atoms with Gasteiger partial charge in [0.05, 0.1) is 7.11 Å². The fraction of sp³-hybridized carbons (Fsp3) is 0.571. The number of rotatable bonds is 2. The number of nitrogens with two attached hydrogens (primary N) is 1. The van der Waals surface area contributed by atoms with Crippen molar-refractivity contribution in [3.8, 4) is 5.75 Å². The van der Waals surface area contributed by atoms with E-state index in [2.05, 4.69) is 19.1 Å². The van der Waals surface area contributed by atoms with Gasteiger partial charge in [0.2, 0.25) is 0 Å². The fourth-order valence-corrected chi connectivity index (χ4v) is 2.45. The summed E-state index contributed by atoms with van der Waals surface area (Å²) < 4.78 is 10.9. The van der Waals surface area contributed by atoms with Crippen LogP contribution in [0.3, 0.4) is 0 Å². The van der Waals surface area contributed by atoms with Crippen molar-refractivity contribution < 1.29 is 9.47 Å². The highest BCUT2D eigenvalue weighted by molar-refractivity contribution is 5.41.